The van der Waals surface area contributed by atoms with E-state index in [1.54, 1.807) is 6.92 Å². The van der Waals surface area contributed by atoms with Crippen LogP contribution in [-0.2, 0) is 13.0 Å². The highest BCUT2D eigenvalue weighted by Gasteiger charge is 2.22. The van der Waals surface area contributed by atoms with Gasteiger partial charge in [0.2, 0.25) is 0 Å². The highest BCUT2D eigenvalue weighted by Crippen LogP contribution is 2.23. The summed E-state index contributed by atoms with van der Waals surface area (Å²) in [5.74, 6) is 0.0554. The van der Waals surface area contributed by atoms with Gasteiger partial charge in [-0.1, -0.05) is 25.1 Å². The number of nitrogens with two attached hydrogens (primary N) is 1. The molecule has 0 aliphatic carbocycles. The first-order valence-corrected chi connectivity index (χ1v) is 6.26. The third kappa shape index (κ3) is 2.40. The summed E-state index contributed by atoms with van der Waals surface area (Å²) in [7, 11) is 0. The van der Waals surface area contributed by atoms with Crippen LogP contribution >= 0.6 is 0 Å². The normalized spacial score (nSPS) is 17.6. The summed E-state index contributed by atoms with van der Waals surface area (Å²) in [6.45, 7) is 6.89. The Kier molecular flexibility index (Phi) is 3.60. The maximum Gasteiger partial charge on any atom is 0.179 e. The van der Waals surface area contributed by atoms with E-state index >= 15 is 0 Å². The van der Waals surface area contributed by atoms with Crippen molar-refractivity contribution >= 4 is 5.78 Å². The van der Waals surface area contributed by atoms with E-state index in [0.717, 1.165) is 31.6 Å². The molecule has 1 aliphatic heterocycles. The molecule has 3 heteroatoms. The lowest BCUT2D eigenvalue weighted by Crippen LogP contribution is -2.33. The monoisotopic (exact) mass is 232 g/mol. The first kappa shape index (κ1) is 12.3. The van der Waals surface area contributed by atoms with Gasteiger partial charge in [0, 0.05) is 18.7 Å². The number of nitrogens with zero attached hydrogens (tertiary/aromatic N) is 1. The second-order valence-corrected chi connectivity index (χ2v) is 4.71. The Morgan fingerprint density at radius 2 is 2.29 bits per heavy atom. The summed E-state index contributed by atoms with van der Waals surface area (Å²) in [6, 6.07) is 5.58. The van der Waals surface area contributed by atoms with Crippen molar-refractivity contribution in [3.8, 4) is 0 Å². The van der Waals surface area contributed by atoms with E-state index in [2.05, 4.69) is 17.9 Å². The van der Waals surface area contributed by atoms with Crippen LogP contribution in [0.3, 0.4) is 0 Å². The maximum absolute atomic E-state index is 12.1. The van der Waals surface area contributed by atoms with E-state index in [9.17, 15) is 4.79 Å². The van der Waals surface area contributed by atoms with Gasteiger partial charge in [0.15, 0.2) is 5.78 Å². The molecular formula is C14H20N2O. The Morgan fingerprint density at radius 3 is 2.94 bits per heavy atom. The Labute approximate surface area is 103 Å². The summed E-state index contributed by atoms with van der Waals surface area (Å²) in [5, 5.41) is 0. The number of rotatable bonds is 3. The van der Waals surface area contributed by atoms with Gasteiger partial charge in [0.1, 0.15) is 0 Å². The Balaban J connectivity index is 2.38. The average Bonchev–Trinajstić information content (AvgIpc) is 2.36. The van der Waals surface area contributed by atoms with E-state index in [1.165, 1.54) is 11.1 Å². The topological polar surface area (TPSA) is 46.3 Å². The molecule has 1 unspecified atom stereocenters. The first-order valence-electron chi connectivity index (χ1n) is 6.26. The van der Waals surface area contributed by atoms with Crippen molar-refractivity contribution in [3.63, 3.8) is 0 Å². The summed E-state index contributed by atoms with van der Waals surface area (Å²) in [4.78, 5) is 14.4. The smallest absolute Gasteiger partial charge is 0.179 e. The average molecular weight is 232 g/mol. The SMILES string of the molecule is CCN1CCc2cccc(C(=O)C(C)N)c2C1. The van der Waals surface area contributed by atoms with Gasteiger partial charge < -0.3 is 5.73 Å². The Hall–Kier alpha value is -1.19. The molecule has 17 heavy (non-hydrogen) atoms. The summed E-state index contributed by atoms with van der Waals surface area (Å²) >= 11 is 0. The van der Waals surface area contributed by atoms with Crippen LogP contribution in [0.1, 0.15) is 35.3 Å². The van der Waals surface area contributed by atoms with Crippen LogP contribution in [0.5, 0.6) is 0 Å². The third-order valence-electron chi connectivity index (χ3n) is 3.48. The number of carbonyl (C=O) groups excluding carboxylic acids is 1. The van der Waals surface area contributed by atoms with Crippen molar-refractivity contribution < 1.29 is 4.79 Å². The molecule has 92 valence electrons. The fourth-order valence-electron chi connectivity index (χ4n) is 2.38. The number of benzene rings is 1. The molecule has 1 aliphatic rings. The third-order valence-corrected chi connectivity index (χ3v) is 3.48. The number of ketones is 1. The zero-order valence-corrected chi connectivity index (χ0v) is 10.6. The molecular weight excluding hydrogens is 212 g/mol. The first-order chi connectivity index (χ1) is 8.13. The molecule has 3 nitrogen and oxygen atoms in total. The fourth-order valence-corrected chi connectivity index (χ4v) is 2.38. The number of likely N-dealkylation sites (N-methyl/N-ethyl adjacent to an activating group) is 1. The largest absolute Gasteiger partial charge is 0.321 e. The lowest BCUT2D eigenvalue weighted by atomic mass is 9.91. The van der Waals surface area contributed by atoms with Crippen molar-refractivity contribution in [1.82, 2.24) is 4.90 Å². The van der Waals surface area contributed by atoms with E-state index < -0.39 is 6.04 Å². The second kappa shape index (κ2) is 4.98. The molecule has 1 atom stereocenters. The molecule has 0 saturated carbocycles. The summed E-state index contributed by atoms with van der Waals surface area (Å²) < 4.78 is 0. The van der Waals surface area contributed by atoms with Gasteiger partial charge in [-0.2, -0.15) is 0 Å². The van der Waals surface area contributed by atoms with Gasteiger partial charge >= 0.3 is 0 Å². The van der Waals surface area contributed by atoms with E-state index in [-0.39, 0.29) is 5.78 Å². The van der Waals surface area contributed by atoms with Gasteiger partial charge in [-0.15, -0.1) is 0 Å². The molecule has 0 radical (unpaired) electrons. The van der Waals surface area contributed by atoms with Crippen LogP contribution < -0.4 is 5.73 Å². The molecule has 1 aromatic carbocycles. The van der Waals surface area contributed by atoms with Crippen molar-refractivity contribution in [3.05, 3.63) is 34.9 Å². The van der Waals surface area contributed by atoms with E-state index in [1.807, 2.05) is 12.1 Å². The van der Waals surface area contributed by atoms with Gasteiger partial charge in [-0.3, -0.25) is 9.69 Å². The molecule has 1 heterocycles. The van der Waals surface area contributed by atoms with Gasteiger partial charge in [-0.05, 0) is 31.0 Å². The number of hydrogen-bond donors (Lipinski definition) is 1. The van der Waals surface area contributed by atoms with Crippen molar-refractivity contribution in [2.45, 2.75) is 32.9 Å². The molecule has 0 amide bonds. The van der Waals surface area contributed by atoms with Crippen LogP contribution in [0.2, 0.25) is 0 Å². The van der Waals surface area contributed by atoms with Crippen molar-refractivity contribution in [1.29, 1.82) is 0 Å². The van der Waals surface area contributed by atoms with Crippen LogP contribution in [0, 0.1) is 0 Å². The molecule has 0 saturated heterocycles. The molecule has 1 aromatic rings. The Morgan fingerprint density at radius 1 is 1.53 bits per heavy atom. The van der Waals surface area contributed by atoms with Crippen molar-refractivity contribution in [2.75, 3.05) is 13.1 Å². The number of fused-ring (bicyclic) bond motifs is 1. The lowest BCUT2D eigenvalue weighted by molar-refractivity contribution is 0.0965. The molecule has 2 rings (SSSR count). The molecule has 2 N–H and O–H groups in total. The zero-order valence-electron chi connectivity index (χ0n) is 10.6. The zero-order chi connectivity index (χ0) is 12.4. The summed E-state index contributed by atoms with van der Waals surface area (Å²) in [5.41, 5.74) is 9.01. The minimum Gasteiger partial charge on any atom is -0.321 e. The molecule has 0 bridgehead atoms. The molecule has 0 spiro atoms. The highest BCUT2D eigenvalue weighted by molar-refractivity contribution is 6.01. The van der Waals surface area contributed by atoms with Crippen LogP contribution in [0.15, 0.2) is 18.2 Å². The predicted molar refractivity (Wildman–Crippen MR) is 69.1 cm³/mol. The number of Topliss-reactive ketones (excluding diaryl/α,β-unsaturated/α-hetero) is 1. The van der Waals surface area contributed by atoms with Crippen LogP contribution in [0.25, 0.3) is 0 Å². The quantitative estimate of drug-likeness (QED) is 0.805. The summed E-state index contributed by atoms with van der Waals surface area (Å²) in [6.07, 6.45) is 1.03. The minimum atomic E-state index is -0.418. The second-order valence-electron chi connectivity index (χ2n) is 4.71. The highest BCUT2D eigenvalue weighted by atomic mass is 16.1. The van der Waals surface area contributed by atoms with Crippen LogP contribution in [-0.4, -0.2) is 29.8 Å². The molecule has 0 fully saturated rings. The fraction of sp³-hybridized carbons (Fsp3) is 0.500. The van der Waals surface area contributed by atoms with Gasteiger partial charge in [0.25, 0.3) is 0 Å². The maximum atomic E-state index is 12.1. The van der Waals surface area contributed by atoms with Crippen molar-refractivity contribution in [2.24, 2.45) is 5.73 Å². The minimum absolute atomic E-state index is 0.0554. The predicted octanol–water partition coefficient (Wildman–Crippen LogP) is 1.59. The number of carbonyl (C=O) groups is 1. The molecule has 0 aromatic heterocycles. The van der Waals surface area contributed by atoms with Gasteiger partial charge in [-0.25, -0.2) is 0 Å². The lowest BCUT2D eigenvalue weighted by Gasteiger charge is -2.29. The van der Waals surface area contributed by atoms with E-state index in [4.69, 9.17) is 5.73 Å². The van der Waals surface area contributed by atoms with E-state index in [0.29, 0.717) is 0 Å². The Bertz CT molecular complexity index is 426. The van der Waals surface area contributed by atoms with Crippen LogP contribution in [0.4, 0.5) is 0 Å². The number of hydrogen-bond acceptors (Lipinski definition) is 3. The standard InChI is InChI=1S/C14H20N2O/c1-3-16-8-7-11-5-4-6-12(13(11)9-16)14(17)10(2)15/h4-6,10H,3,7-9,15H2,1-2H3. The van der Waals surface area contributed by atoms with Gasteiger partial charge in [0.05, 0.1) is 6.04 Å².